The van der Waals surface area contributed by atoms with E-state index in [1.54, 1.807) is 9.58 Å². The van der Waals surface area contributed by atoms with Crippen molar-refractivity contribution in [1.29, 1.82) is 0 Å². The Kier molecular flexibility index (Phi) is 5.70. The number of hydrogen-bond donors (Lipinski definition) is 0. The molecule has 1 amide bonds. The lowest BCUT2D eigenvalue weighted by atomic mass is 9.75. The molecule has 0 radical (unpaired) electrons. The van der Waals surface area contributed by atoms with Gasteiger partial charge in [0.2, 0.25) is 0 Å². The second kappa shape index (κ2) is 8.72. The van der Waals surface area contributed by atoms with Gasteiger partial charge in [0.05, 0.1) is 11.6 Å². The van der Waals surface area contributed by atoms with E-state index >= 15 is 0 Å². The first-order chi connectivity index (χ1) is 16.7. The summed E-state index contributed by atoms with van der Waals surface area (Å²) in [5, 5.41) is 12.5. The van der Waals surface area contributed by atoms with Gasteiger partial charge >= 0.3 is 6.09 Å². The quantitative estimate of drug-likeness (QED) is 0.558. The van der Waals surface area contributed by atoms with E-state index in [0.717, 1.165) is 28.7 Å². The SMILES string of the molecule is Cn1cc(-c2cccc(-c3ncc(C4(CC5CN(C(=O)OC(C)(C)C)C5)C=NN=C4)cn3)c2)cn1. The first-order valence-electron chi connectivity index (χ1n) is 11.7. The summed E-state index contributed by atoms with van der Waals surface area (Å²) in [6, 6.07) is 8.12. The van der Waals surface area contributed by atoms with Gasteiger partial charge in [-0.3, -0.25) is 4.68 Å². The van der Waals surface area contributed by atoms with E-state index in [4.69, 9.17) is 4.74 Å². The molecule has 0 bridgehead atoms. The molecule has 9 nitrogen and oxygen atoms in total. The topological polar surface area (TPSA) is 97.9 Å². The van der Waals surface area contributed by atoms with Crippen LogP contribution in [0.15, 0.2) is 59.3 Å². The Labute approximate surface area is 204 Å². The molecule has 3 aromatic rings. The minimum absolute atomic E-state index is 0.266. The van der Waals surface area contributed by atoms with E-state index in [1.165, 1.54) is 0 Å². The first kappa shape index (κ1) is 22.9. The van der Waals surface area contributed by atoms with Gasteiger partial charge in [-0.05, 0) is 44.7 Å². The number of hydrogen-bond acceptors (Lipinski definition) is 7. The third-order valence-corrected chi connectivity index (χ3v) is 6.23. The maximum atomic E-state index is 12.3. The van der Waals surface area contributed by atoms with E-state index in [-0.39, 0.29) is 6.09 Å². The van der Waals surface area contributed by atoms with E-state index < -0.39 is 11.0 Å². The summed E-state index contributed by atoms with van der Waals surface area (Å²) in [4.78, 5) is 23.4. The van der Waals surface area contributed by atoms with Crippen molar-refractivity contribution in [3.8, 4) is 22.5 Å². The maximum Gasteiger partial charge on any atom is 0.410 e. The highest BCUT2D eigenvalue weighted by Gasteiger charge is 2.41. The summed E-state index contributed by atoms with van der Waals surface area (Å²) >= 11 is 0. The maximum absolute atomic E-state index is 12.3. The molecule has 9 heteroatoms. The molecule has 0 N–H and O–H groups in total. The van der Waals surface area contributed by atoms with Gasteiger partial charge in [-0.25, -0.2) is 14.8 Å². The van der Waals surface area contributed by atoms with Crippen LogP contribution in [-0.2, 0) is 17.2 Å². The highest BCUT2D eigenvalue weighted by molar-refractivity contribution is 5.99. The summed E-state index contributed by atoms with van der Waals surface area (Å²) in [5.41, 5.74) is 3.02. The number of ether oxygens (including phenoxy) is 1. The number of nitrogens with zero attached hydrogens (tertiary/aromatic N) is 7. The third-order valence-electron chi connectivity index (χ3n) is 6.23. The summed E-state index contributed by atoms with van der Waals surface area (Å²) in [7, 11) is 1.90. The van der Waals surface area contributed by atoms with Gasteiger partial charge in [0, 0.05) is 67.8 Å². The van der Waals surface area contributed by atoms with Crippen molar-refractivity contribution >= 4 is 18.5 Å². The highest BCUT2D eigenvalue weighted by atomic mass is 16.6. The Bertz CT molecular complexity index is 1270. The number of amides is 1. The standard InChI is InChI=1S/C26H29N7O2/c1-25(2,3)35-24(34)33-13-18(14-33)9-26(16-29-30-17-26)22-11-27-23(28-12-22)20-7-5-6-19(8-20)21-10-31-32(4)15-21/h5-8,10-12,15-18H,9,13-14H2,1-4H3. The normalized spacial score (nSPS) is 17.0. The van der Waals surface area contributed by atoms with Crippen molar-refractivity contribution in [3.05, 3.63) is 54.6 Å². The Hall–Kier alpha value is -3.88. The van der Waals surface area contributed by atoms with Gasteiger partial charge in [0.25, 0.3) is 0 Å². The predicted molar refractivity (Wildman–Crippen MR) is 134 cm³/mol. The lowest BCUT2D eigenvalue weighted by Crippen LogP contribution is -2.53. The fourth-order valence-corrected chi connectivity index (χ4v) is 4.46. The molecule has 35 heavy (non-hydrogen) atoms. The van der Waals surface area contributed by atoms with E-state index in [2.05, 4.69) is 37.4 Å². The van der Waals surface area contributed by atoms with Crippen LogP contribution in [0.25, 0.3) is 22.5 Å². The number of aryl methyl sites for hydroxylation is 1. The van der Waals surface area contributed by atoms with Gasteiger partial charge in [-0.15, -0.1) is 0 Å². The summed E-state index contributed by atoms with van der Waals surface area (Å²) in [6.07, 6.45) is 11.7. The Balaban J connectivity index is 1.29. The minimum Gasteiger partial charge on any atom is -0.444 e. The fraction of sp³-hybridized carbons (Fsp3) is 0.385. The monoisotopic (exact) mass is 471 g/mol. The zero-order valence-electron chi connectivity index (χ0n) is 20.4. The Morgan fingerprint density at radius 2 is 1.74 bits per heavy atom. The number of likely N-dealkylation sites (tertiary alicyclic amines) is 1. The van der Waals surface area contributed by atoms with Crippen LogP contribution >= 0.6 is 0 Å². The van der Waals surface area contributed by atoms with Gasteiger partial charge in [-0.1, -0.05) is 18.2 Å². The Morgan fingerprint density at radius 3 is 2.37 bits per heavy atom. The number of rotatable bonds is 5. The van der Waals surface area contributed by atoms with Crippen LogP contribution in [0.4, 0.5) is 4.79 Å². The third kappa shape index (κ3) is 4.84. The van der Waals surface area contributed by atoms with Crippen LogP contribution in [0, 0.1) is 5.92 Å². The number of benzene rings is 1. The molecule has 0 aliphatic carbocycles. The minimum atomic E-state index is -0.495. The number of aromatic nitrogens is 4. The van der Waals surface area contributed by atoms with Crippen LogP contribution in [0.5, 0.6) is 0 Å². The average molecular weight is 472 g/mol. The average Bonchev–Trinajstić information content (AvgIpc) is 3.45. The predicted octanol–water partition coefficient (Wildman–Crippen LogP) is 4.11. The van der Waals surface area contributed by atoms with E-state index in [1.807, 2.05) is 77.2 Å². The second-order valence-corrected chi connectivity index (χ2v) is 10.3. The number of carbonyl (C=O) groups is 1. The molecule has 0 unspecified atom stereocenters. The van der Waals surface area contributed by atoms with Crippen molar-refractivity contribution in [2.75, 3.05) is 13.1 Å². The molecule has 1 aromatic carbocycles. The number of carbonyl (C=O) groups excluding carboxylic acids is 1. The van der Waals surface area contributed by atoms with E-state index in [0.29, 0.717) is 24.8 Å². The molecule has 1 fully saturated rings. The van der Waals surface area contributed by atoms with Gasteiger partial charge < -0.3 is 9.64 Å². The van der Waals surface area contributed by atoms with Gasteiger partial charge in [0.1, 0.15) is 5.60 Å². The first-order valence-corrected chi connectivity index (χ1v) is 11.7. The van der Waals surface area contributed by atoms with Crippen LogP contribution in [-0.4, -0.2) is 61.9 Å². The molecule has 2 aliphatic heterocycles. The summed E-state index contributed by atoms with van der Waals surface area (Å²) in [5.74, 6) is 0.968. The molecule has 4 heterocycles. The molecule has 0 spiro atoms. The lowest BCUT2D eigenvalue weighted by Gasteiger charge is -2.42. The summed E-state index contributed by atoms with van der Waals surface area (Å²) < 4.78 is 7.26. The van der Waals surface area contributed by atoms with Gasteiger partial charge in [-0.2, -0.15) is 15.3 Å². The van der Waals surface area contributed by atoms with Crippen molar-refractivity contribution in [3.63, 3.8) is 0 Å². The molecular formula is C26H29N7O2. The lowest BCUT2D eigenvalue weighted by molar-refractivity contribution is -0.00295. The highest BCUT2D eigenvalue weighted by Crippen LogP contribution is 2.35. The molecule has 180 valence electrons. The smallest absolute Gasteiger partial charge is 0.410 e. The zero-order valence-corrected chi connectivity index (χ0v) is 20.4. The molecule has 0 atom stereocenters. The Morgan fingerprint density at radius 1 is 1.06 bits per heavy atom. The second-order valence-electron chi connectivity index (χ2n) is 10.3. The molecular weight excluding hydrogens is 442 g/mol. The molecule has 2 aliphatic rings. The molecule has 5 rings (SSSR count). The van der Waals surface area contributed by atoms with Crippen LogP contribution in [0.1, 0.15) is 32.8 Å². The largest absolute Gasteiger partial charge is 0.444 e. The zero-order chi connectivity index (χ0) is 24.6. The van der Waals surface area contributed by atoms with Crippen molar-refractivity contribution < 1.29 is 9.53 Å². The molecule has 2 aromatic heterocycles. The van der Waals surface area contributed by atoms with Crippen molar-refractivity contribution in [2.45, 2.75) is 38.2 Å². The van der Waals surface area contributed by atoms with Crippen molar-refractivity contribution in [1.82, 2.24) is 24.6 Å². The molecule has 0 saturated carbocycles. The summed E-state index contributed by atoms with van der Waals surface area (Å²) in [6.45, 7) is 6.93. The molecule has 1 saturated heterocycles. The van der Waals surface area contributed by atoms with Crippen LogP contribution in [0.3, 0.4) is 0 Å². The van der Waals surface area contributed by atoms with Gasteiger partial charge in [0.15, 0.2) is 5.82 Å². The van der Waals surface area contributed by atoms with Crippen LogP contribution in [0.2, 0.25) is 0 Å². The van der Waals surface area contributed by atoms with Crippen molar-refractivity contribution in [2.24, 2.45) is 23.2 Å². The fourth-order valence-electron chi connectivity index (χ4n) is 4.46. The van der Waals surface area contributed by atoms with E-state index in [9.17, 15) is 4.79 Å². The van der Waals surface area contributed by atoms with Crippen LogP contribution < -0.4 is 0 Å².